The predicted molar refractivity (Wildman–Crippen MR) is 131 cm³/mol. The van der Waals surface area contributed by atoms with Gasteiger partial charge in [0.1, 0.15) is 11.5 Å². The molecule has 1 aliphatic heterocycles. The first-order valence-corrected chi connectivity index (χ1v) is 12.3. The third-order valence-electron chi connectivity index (χ3n) is 6.22. The first kappa shape index (κ1) is 23.4. The van der Waals surface area contributed by atoms with Gasteiger partial charge in [-0.2, -0.15) is 0 Å². The molecule has 4 rings (SSSR count). The normalized spacial score (nSPS) is 14.9. The number of aryl methyl sites for hydroxylation is 2. The zero-order valence-corrected chi connectivity index (χ0v) is 20.3. The number of aromatic nitrogens is 1. The molecule has 1 aromatic heterocycles. The smallest absolute Gasteiger partial charge is 0.252 e. The minimum atomic E-state index is -0.0467. The summed E-state index contributed by atoms with van der Waals surface area (Å²) >= 11 is 1.64. The number of hydrogen-bond donors (Lipinski definition) is 1. The van der Waals surface area contributed by atoms with Crippen molar-refractivity contribution < 1.29 is 14.1 Å². The van der Waals surface area contributed by atoms with Gasteiger partial charge in [-0.15, -0.1) is 11.8 Å². The van der Waals surface area contributed by atoms with Crippen molar-refractivity contribution in [2.75, 3.05) is 26.7 Å². The van der Waals surface area contributed by atoms with Gasteiger partial charge >= 0.3 is 0 Å². The van der Waals surface area contributed by atoms with Crippen LogP contribution < -0.4 is 10.1 Å². The van der Waals surface area contributed by atoms with Crippen LogP contribution in [0, 0.1) is 13.8 Å². The molecule has 1 aliphatic rings. The van der Waals surface area contributed by atoms with Gasteiger partial charge in [-0.1, -0.05) is 29.4 Å². The van der Waals surface area contributed by atoms with Crippen LogP contribution in [0.3, 0.4) is 0 Å². The van der Waals surface area contributed by atoms with Crippen LogP contribution in [-0.2, 0) is 5.75 Å². The van der Waals surface area contributed by atoms with Crippen molar-refractivity contribution >= 4 is 17.7 Å². The molecule has 2 heterocycles. The maximum atomic E-state index is 13.2. The average molecular weight is 466 g/mol. The molecule has 0 bridgehead atoms. The van der Waals surface area contributed by atoms with Gasteiger partial charge in [-0.25, -0.2) is 0 Å². The van der Waals surface area contributed by atoms with Gasteiger partial charge in [0.25, 0.3) is 5.91 Å². The van der Waals surface area contributed by atoms with E-state index in [0.29, 0.717) is 17.9 Å². The summed E-state index contributed by atoms with van der Waals surface area (Å²) in [6, 6.07) is 16.1. The molecule has 0 spiro atoms. The first-order chi connectivity index (χ1) is 16.1. The van der Waals surface area contributed by atoms with Crippen LogP contribution in [0.2, 0.25) is 0 Å². The van der Waals surface area contributed by atoms with Crippen molar-refractivity contribution in [1.29, 1.82) is 0 Å². The van der Waals surface area contributed by atoms with Crippen LogP contribution in [0.15, 0.2) is 57.9 Å². The molecule has 1 N–H and O–H groups in total. The molecule has 7 heteroatoms. The molecule has 174 valence electrons. The van der Waals surface area contributed by atoms with E-state index in [4.69, 9.17) is 9.26 Å². The van der Waals surface area contributed by atoms with Crippen molar-refractivity contribution in [3.05, 3.63) is 76.7 Å². The lowest BCUT2D eigenvalue weighted by Crippen LogP contribution is -2.37. The molecule has 33 heavy (non-hydrogen) atoms. The van der Waals surface area contributed by atoms with Crippen molar-refractivity contribution in [1.82, 2.24) is 15.4 Å². The minimum absolute atomic E-state index is 0.0467. The van der Waals surface area contributed by atoms with E-state index in [1.807, 2.05) is 50.2 Å². The molecule has 2 aromatic carbocycles. The number of methoxy groups -OCH3 is 1. The Balaban J connectivity index is 1.46. The Labute approximate surface area is 199 Å². The quantitative estimate of drug-likeness (QED) is 0.440. The molecule has 1 unspecified atom stereocenters. The molecular weight excluding hydrogens is 434 g/mol. The van der Waals surface area contributed by atoms with Crippen molar-refractivity contribution in [3.8, 4) is 5.75 Å². The zero-order valence-electron chi connectivity index (χ0n) is 19.5. The molecule has 6 nitrogen and oxygen atoms in total. The molecule has 0 saturated carbocycles. The first-order valence-electron chi connectivity index (χ1n) is 11.4. The second kappa shape index (κ2) is 10.9. The van der Waals surface area contributed by atoms with Crippen LogP contribution >= 0.6 is 11.8 Å². The summed E-state index contributed by atoms with van der Waals surface area (Å²) in [7, 11) is 1.67. The van der Waals surface area contributed by atoms with Crippen LogP contribution in [0.1, 0.15) is 51.8 Å². The molecule has 1 amide bonds. The van der Waals surface area contributed by atoms with E-state index in [1.54, 1.807) is 18.9 Å². The zero-order chi connectivity index (χ0) is 23.2. The van der Waals surface area contributed by atoms with Crippen LogP contribution in [0.4, 0.5) is 0 Å². The Hall–Kier alpha value is -2.77. The lowest BCUT2D eigenvalue weighted by Gasteiger charge is -2.28. The Morgan fingerprint density at radius 2 is 1.88 bits per heavy atom. The Bertz CT molecular complexity index is 1060. The van der Waals surface area contributed by atoms with Gasteiger partial charge in [0.2, 0.25) is 0 Å². The maximum absolute atomic E-state index is 13.2. The molecule has 1 fully saturated rings. The van der Waals surface area contributed by atoms with Gasteiger partial charge in [0.05, 0.1) is 24.4 Å². The fourth-order valence-electron chi connectivity index (χ4n) is 4.26. The molecule has 0 aliphatic carbocycles. The minimum Gasteiger partial charge on any atom is -0.497 e. The highest BCUT2D eigenvalue weighted by atomic mass is 32.2. The standard InChI is InChI=1S/C26H31N3O3S/c1-18-23(19(2)32-28-18)17-33-25-9-5-4-8-22(25)26(30)27-16-24(29-14-6-7-15-29)20-10-12-21(31-3)13-11-20/h4-5,8-13,24H,6-7,14-17H2,1-3H3,(H,27,30). The highest BCUT2D eigenvalue weighted by Gasteiger charge is 2.24. The summed E-state index contributed by atoms with van der Waals surface area (Å²) in [4.78, 5) is 16.6. The SMILES string of the molecule is COc1ccc(C(CNC(=O)c2ccccc2SCc2c(C)noc2C)N2CCCC2)cc1. The van der Waals surface area contributed by atoms with Gasteiger partial charge in [-0.3, -0.25) is 9.69 Å². The summed E-state index contributed by atoms with van der Waals surface area (Å²) in [5.74, 6) is 2.34. The van der Waals surface area contributed by atoms with E-state index < -0.39 is 0 Å². The molecule has 1 atom stereocenters. The summed E-state index contributed by atoms with van der Waals surface area (Å²) in [6.45, 7) is 6.54. The third kappa shape index (κ3) is 5.60. The molecule has 3 aromatic rings. The van der Waals surface area contributed by atoms with E-state index >= 15 is 0 Å². The second-order valence-electron chi connectivity index (χ2n) is 8.33. The number of nitrogens with zero attached hydrogens (tertiary/aromatic N) is 2. The van der Waals surface area contributed by atoms with Crippen LogP contribution in [0.5, 0.6) is 5.75 Å². The van der Waals surface area contributed by atoms with E-state index in [-0.39, 0.29) is 11.9 Å². The Morgan fingerprint density at radius 3 is 2.55 bits per heavy atom. The third-order valence-corrected chi connectivity index (χ3v) is 7.32. The molecule has 1 saturated heterocycles. The number of ether oxygens (including phenoxy) is 1. The monoisotopic (exact) mass is 465 g/mol. The summed E-state index contributed by atoms with van der Waals surface area (Å²) in [6.07, 6.45) is 2.39. The lowest BCUT2D eigenvalue weighted by molar-refractivity contribution is 0.0935. The number of amides is 1. The highest BCUT2D eigenvalue weighted by molar-refractivity contribution is 7.98. The molecule has 0 radical (unpaired) electrons. The van der Waals surface area contributed by atoms with Crippen molar-refractivity contribution in [2.45, 2.75) is 43.4 Å². The Kier molecular flexibility index (Phi) is 7.73. The maximum Gasteiger partial charge on any atom is 0.252 e. The summed E-state index contributed by atoms with van der Waals surface area (Å²) in [5.41, 5.74) is 3.88. The largest absolute Gasteiger partial charge is 0.497 e. The van der Waals surface area contributed by atoms with E-state index in [9.17, 15) is 4.79 Å². The van der Waals surface area contributed by atoms with Gasteiger partial charge < -0.3 is 14.6 Å². The van der Waals surface area contributed by atoms with Crippen molar-refractivity contribution in [2.24, 2.45) is 0 Å². The number of benzene rings is 2. The van der Waals surface area contributed by atoms with Gasteiger partial charge in [-0.05, 0) is 69.6 Å². The highest BCUT2D eigenvalue weighted by Crippen LogP contribution is 2.30. The topological polar surface area (TPSA) is 67.6 Å². The van der Waals surface area contributed by atoms with Crippen molar-refractivity contribution in [3.63, 3.8) is 0 Å². The average Bonchev–Trinajstić information content (AvgIpc) is 3.48. The van der Waals surface area contributed by atoms with Crippen LogP contribution in [-0.4, -0.2) is 42.7 Å². The predicted octanol–water partition coefficient (Wildman–Crippen LogP) is 5.16. The lowest BCUT2D eigenvalue weighted by atomic mass is 10.0. The number of thioether (sulfide) groups is 1. The fraction of sp³-hybridized carbons (Fsp3) is 0.385. The second-order valence-corrected chi connectivity index (χ2v) is 9.35. The van der Waals surface area contributed by atoms with Crippen LogP contribution in [0.25, 0.3) is 0 Å². The van der Waals surface area contributed by atoms with Gasteiger partial charge in [0, 0.05) is 22.8 Å². The number of hydrogen-bond acceptors (Lipinski definition) is 6. The number of carbonyl (C=O) groups excluding carboxylic acids is 1. The summed E-state index contributed by atoms with van der Waals surface area (Å²) < 4.78 is 10.6. The summed E-state index contributed by atoms with van der Waals surface area (Å²) in [5, 5.41) is 7.24. The number of carbonyl (C=O) groups is 1. The molecular formula is C26H31N3O3S. The van der Waals surface area contributed by atoms with E-state index in [0.717, 1.165) is 40.8 Å². The fourth-order valence-corrected chi connectivity index (χ4v) is 5.46. The number of nitrogens with one attached hydrogen (secondary N) is 1. The van der Waals surface area contributed by atoms with E-state index in [2.05, 4.69) is 27.5 Å². The van der Waals surface area contributed by atoms with E-state index in [1.165, 1.54) is 18.4 Å². The Morgan fingerprint density at radius 1 is 1.15 bits per heavy atom. The van der Waals surface area contributed by atoms with Gasteiger partial charge in [0.15, 0.2) is 0 Å². The number of likely N-dealkylation sites (tertiary alicyclic amines) is 1. The number of rotatable bonds is 9.